The number of aromatic nitrogens is 1. The molecule has 122 valence electrons. The molecule has 2 aromatic carbocycles. The maximum absolute atomic E-state index is 12.0. The quantitative estimate of drug-likeness (QED) is 0.703. The molecule has 0 bridgehead atoms. The van der Waals surface area contributed by atoms with Gasteiger partial charge in [-0.2, -0.15) is 0 Å². The van der Waals surface area contributed by atoms with Crippen LogP contribution in [0.2, 0.25) is 0 Å². The van der Waals surface area contributed by atoms with Crippen molar-refractivity contribution in [3.8, 4) is 0 Å². The lowest BCUT2D eigenvalue weighted by molar-refractivity contribution is -0.155. The number of carbonyl (C=O) groups is 2. The normalized spacial score (nSPS) is 12.0. The first-order valence-corrected chi connectivity index (χ1v) is 7.51. The number of aryl methyl sites for hydroxylation is 1. The standard InChI is InChI=1S/C18H16N2O4/c19-18(22)17(12-6-2-1-3-7-12)24-16(21)11-10-15-20-13-8-4-5-9-14(13)23-15/h1-9,17H,10-11H2,(H2,19,22)/t17-/m0/s1. The van der Waals surface area contributed by atoms with Gasteiger partial charge in [0.05, 0.1) is 6.42 Å². The van der Waals surface area contributed by atoms with Crippen LogP contribution in [0, 0.1) is 0 Å². The summed E-state index contributed by atoms with van der Waals surface area (Å²) in [6, 6.07) is 16.0. The Balaban J connectivity index is 1.62. The second-order valence-corrected chi connectivity index (χ2v) is 5.26. The molecule has 1 aromatic heterocycles. The number of amides is 1. The summed E-state index contributed by atoms with van der Waals surface area (Å²) < 4.78 is 10.8. The van der Waals surface area contributed by atoms with Gasteiger partial charge in [0.1, 0.15) is 5.52 Å². The molecule has 0 aliphatic heterocycles. The van der Waals surface area contributed by atoms with Gasteiger partial charge in [0.15, 0.2) is 11.5 Å². The Morgan fingerprint density at radius 1 is 1.08 bits per heavy atom. The van der Waals surface area contributed by atoms with E-state index in [9.17, 15) is 9.59 Å². The number of hydrogen-bond acceptors (Lipinski definition) is 5. The van der Waals surface area contributed by atoms with Crippen molar-refractivity contribution in [2.75, 3.05) is 0 Å². The predicted octanol–water partition coefficient (Wildman–Crippen LogP) is 2.53. The molecule has 24 heavy (non-hydrogen) atoms. The molecule has 0 aliphatic rings. The van der Waals surface area contributed by atoms with Crippen molar-refractivity contribution in [1.29, 1.82) is 0 Å². The number of nitrogens with two attached hydrogens (primary N) is 1. The van der Waals surface area contributed by atoms with Crippen molar-refractivity contribution < 1.29 is 18.7 Å². The van der Waals surface area contributed by atoms with Crippen molar-refractivity contribution in [2.24, 2.45) is 5.73 Å². The van der Waals surface area contributed by atoms with Gasteiger partial charge in [-0.3, -0.25) is 9.59 Å². The van der Waals surface area contributed by atoms with E-state index in [0.717, 1.165) is 5.52 Å². The first-order valence-electron chi connectivity index (χ1n) is 7.51. The van der Waals surface area contributed by atoms with Gasteiger partial charge < -0.3 is 14.9 Å². The zero-order valence-corrected chi connectivity index (χ0v) is 12.8. The van der Waals surface area contributed by atoms with Crippen LogP contribution in [0.4, 0.5) is 0 Å². The minimum Gasteiger partial charge on any atom is -0.447 e. The molecule has 0 spiro atoms. The fraction of sp³-hybridized carbons (Fsp3) is 0.167. The summed E-state index contributed by atoms with van der Waals surface area (Å²) in [5, 5.41) is 0. The van der Waals surface area contributed by atoms with Crippen LogP contribution in [0.3, 0.4) is 0 Å². The number of ether oxygens (including phenoxy) is 1. The average Bonchev–Trinajstić information content (AvgIpc) is 3.01. The fourth-order valence-electron chi connectivity index (χ4n) is 2.34. The van der Waals surface area contributed by atoms with Crippen LogP contribution in [0.15, 0.2) is 59.0 Å². The number of hydrogen-bond donors (Lipinski definition) is 1. The summed E-state index contributed by atoms with van der Waals surface area (Å²) in [6.07, 6.45) is -0.764. The van der Waals surface area contributed by atoms with Crippen molar-refractivity contribution in [2.45, 2.75) is 18.9 Å². The lowest BCUT2D eigenvalue weighted by atomic mass is 10.1. The van der Waals surface area contributed by atoms with E-state index in [2.05, 4.69) is 4.98 Å². The lowest BCUT2D eigenvalue weighted by Gasteiger charge is -2.14. The first-order chi connectivity index (χ1) is 11.6. The highest BCUT2D eigenvalue weighted by Gasteiger charge is 2.22. The molecule has 6 heteroatoms. The Bertz CT molecular complexity index is 825. The maximum atomic E-state index is 12.0. The molecule has 3 aromatic rings. The zero-order valence-electron chi connectivity index (χ0n) is 12.8. The number of para-hydroxylation sites is 2. The predicted molar refractivity (Wildman–Crippen MR) is 86.8 cm³/mol. The van der Waals surface area contributed by atoms with Gasteiger partial charge >= 0.3 is 5.97 Å². The van der Waals surface area contributed by atoms with E-state index in [1.165, 1.54) is 0 Å². The number of benzene rings is 2. The van der Waals surface area contributed by atoms with Gasteiger partial charge in [0.25, 0.3) is 5.91 Å². The number of rotatable bonds is 6. The monoisotopic (exact) mass is 324 g/mol. The molecule has 1 heterocycles. The fourth-order valence-corrected chi connectivity index (χ4v) is 2.34. The summed E-state index contributed by atoms with van der Waals surface area (Å²) in [5.74, 6) is -0.801. The molecule has 0 saturated heterocycles. The molecule has 0 fully saturated rings. The van der Waals surface area contributed by atoms with Crippen LogP contribution in [0.1, 0.15) is 24.0 Å². The second kappa shape index (κ2) is 6.95. The Morgan fingerprint density at radius 2 is 1.79 bits per heavy atom. The van der Waals surface area contributed by atoms with Crippen LogP contribution < -0.4 is 5.73 Å². The van der Waals surface area contributed by atoms with E-state index in [1.54, 1.807) is 30.3 Å². The van der Waals surface area contributed by atoms with Gasteiger partial charge in [0.2, 0.25) is 6.10 Å². The van der Waals surface area contributed by atoms with E-state index < -0.39 is 18.0 Å². The highest BCUT2D eigenvalue weighted by Crippen LogP contribution is 2.19. The second-order valence-electron chi connectivity index (χ2n) is 5.26. The van der Waals surface area contributed by atoms with Gasteiger partial charge in [-0.1, -0.05) is 42.5 Å². The Kier molecular flexibility index (Phi) is 4.56. The van der Waals surface area contributed by atoms with Crippen LogP contribution >= 0.6 is 0 Å². The molecule has 1 amide bonds. The minimum absolute atomic E-state index is 0.0451. The van der Waals surface area contributed by atoms with Crippen LogP contribution in [0.25, 0.3) is 11.1 Å². The largest absolute Gasteiger partial charge is 0.447 e. The van der Waals surface area contributed by atoms with Crippen molar-refractivity contribution in [3.05, 3.63) is 66.1 Å². The van der Waals surface area contributed by atoms with Crippen molar-refractivity contribution in [3.63, 3.8) is 0 Å². The first kappa shape index (κ1) is 15.7. The number of oxazole rings is 1. The SMILES string of the molecule is NC(=O)[C@@H](OC(=O)CCc1nc2ccccc2o1)c1ccccc1. The van der Waals surface area contributed by atoms with E-state index >= 15 is 0 Å². The third-order valence-corrected chi connectivity index (χ3v) is 3.49. The van der Waals surface area contributed by atoms with E-state index in [1.807, 2.05) is 24.3 Å². The molecular formula is C18H16N2O4. The van der Waals surface area contributed by atoms with Crippen molar-refractivity contribution in [1.82, 2.24) is 4.98 Å². The highest BCUT2D eigenvalue weighted by molar-refractivity contribution is 5.83. The van der Waals surface area contributed by atoms with E-state index in [4.69, 9.17) is 14.9 Å². The maximum Gasteiger partial charge on any atom is 0.307 e. The number of nitrogens with zero attached hydrogens (tertiary/aromatic N) is 1. The van der Waals surface area contributed by atoms with Gasteiger partial charge in [-0.05, 0) is 12.1 Å². The Labute approximate surface area is 138 Å². The number of fused-ring (bicyclic) bond motifs is 1. The Hall–Kier alpha value is -3.15. The number of esters is 1. The Morgan fingerprint density at radius 3 is 2.50 bits per heavy atom. The molecule has 0 aliphatic carbocycles. The number of primary amides is 1. The molecule has 0 unspecified atom stereocenters. The molecule has 1 atom stereocenters. The average molecular weight is 324 g/mol. The van der Waals surface area contributed by atoms with Gasteiger partial charge in [0, 0.05) is 12.0 Å². The summed E-state index contributed by atoms with van der Waals surface area (Å²) in [7, 11) is 0. The van der Waals surface area contributed by atoms with Crippen LogP contribution in [-0.4, -0.2) is 16.9 Å². The lowest BCUT2D eigenvalue weighted by Crippen LogP contribution is -2.26. The van der Waals surface area contributed by atoms with Gasteiger partial charge in [-0.15, -0.1) is 0 Å². The molecular weight excluding hydrogens is 308 g/mol. The molecule has 0 saturated carbocycles. The molecule has 6 nitrogen and oxygen atoms in total. The topological polar surface area (TPSA) is 95.4 Å². The van der Waals surface area contributed by atoms with Crippen LogP contribution in [0.5, 0.6) is 0 Å². The summed E-state index contributed by atoms with van der Waals surface area (Å²) in [6.45, 7) is 0. The molecule has 2 N–H and O–H groups in total. The molecule has 3 rings (SSSR count). The highest BCUT2D eigenvalue weighted by atomic mass is 16.5. The minimum atomic E-state index is -1.10. The summed E-state index contributed by atoms with van der Waals surface area (Å²) >= 11 is 0. The zero-order chi connectivity index (χ0) is 16.9. The third-order valence-electron chi connectivity index (χ3n) is 3.49. The smallest absolute Gasteiger partial charge is 0.307 e. The van der Waals surface area contributed by atoms with Gasteiger partial charge in [-0.25, -0.2) is 4.98 Å². The summed E-state index contributed by atoms with van der Waals surface area (Å²) in [5.41, 5.74) is 7.27. The number of carbonyl (C=O) groups excluding carboxylic acids is 2. The van der Waals surface area contributed by atoms with Crippen molar-refractivity contribution >= 4 is 23.0 Å². The van der Waals surface area contributed by atoms with E-state index in [0.29, 0.717) is 17.0 Å². The van der Waals surface area contributed by atoms with E-state index in [-0.39, 0.29) is 12.8 Å². The molecule has 0 radical (unpaired) electrons. The van der Waals surface area contributed by atoms with Crippen LogP contribution in [-0.2, 0) is 20.7 Å². The summed E-state index contributed by atoms with van der Waals surface area (Å²) in [4.78, 5) is 27.9. The third kappa shape index (κ3) is 3.60.